The van der Waals surface area contributed by atoms with Gasteiger partial charge in [0.1, 0.15) is 22.3 Å². The third-order valence-electron chi connectivity index (χ3n) is 16.5. The van der Waals surface area contributed by atoms with Gasteiger partial charge < -0.3 is 22.5 Å². The smallest absolute Gasteiger partial charge is 0.137 e. The highest BCUT2D eigenvalue weighted by atomic mass is 16.3. The van der Waals surface area contributed by atoms with Gasteiger partial charge in [-0.05, 0) is 92.7 Å². The van der Waals surface area contributed by atoms with Gasteiger partial charge in [0.15, 0.2) is 0 Å². The Morgan fingerprint density at radius 1 is 0.346 bits per heavy atom. The van der Waals surface area contributed by atoms with Crippen molar-refractivity contribution in [3.63, 3.8) is 0 Å². The second-order valence-electron chi connectivity index (χ2n) is 20.9. The maximum atomic E-state index is 11.3. The van der Waals surface area contributed by atoms with E-state index in [2.05, 4.69) is 203 Å². The first-order valence-electron chi connectivity index (χ1n) is 26.3. The molecule has 7 heteroatoms. The van der Waals surface area contributed by atoms with Crippen LogP contribution < -0.4 is 0 Å². The molecule has 0 aliphatic heterocycles. The van der Waals surface area contributed by atoms with Gasteiger partial charge in [0, 0.05) is 81.9 Å². The summed E-state index contributed by atoms with van der Waals surface area (Å²) >= 11 is 0. The topological polar surface area (TPSA) is 88.7 Å². The van der Waals surface area contributed by atoms with Crippen LogP contribution in [-0.4, -0.2) is 13.7 Å². The van der Waals surface area contributed by atoms with Crippen LogP contribution in [-0.2, 0) is 5.54 Å². The van der Waals surface area contributed by atoms with Crippen molar-refractivity contribution in [3.05, 3.63) is 241 Å². The molecule has 0 bridgehead atoms. The van der Waals surface area contributed by atoms with Crippen LogP contribution >= 0.6 is 0 Å². The average Bonchev–Trinajstić information content (AvgIpc) is 4.32. The SMILES string of the molecule is CC(C)(c1c(-n2c3ccccc3c3ccc4oc5ccccc5c4c32)c(-c2ccccc2C#N)cc(-c2ccccc2C#N)c1-n1c2ccccc2c2ccc3oc4ccccc4c3c21)n1c2ccccc2c2ccccc21. The molecule has 0 unspecified atom stereocenters. The van der Waals surface area contributed by atoms with Crippen molar-refractivity contribution in [2.45, 2.75) is 19.4 Å². The van der Waals surface area contributed by atoms with E-state index in [1.807, 2.05) is 60.7 Å². The first kappa shape index (κ1) is 43.8. The van der Waals surface area contributed by atoms with E-state index in [0.717, 1.165) is 148 Å². The van der Waals surface area contributed by atoms with Crippen LogP contribution in [0.15, 0.2) is 233 Å². The molecule has 0 fully saturated rings. The first-order chi connectivity index (χ1) is 38.4. The number of hydrogen-bond acceptors (Lipinski definition) is 4. The van der Waals surface area contributed by atoms with E-state index in [1.165, 1.54) is 0 Å². The number of aromatic nitrogens is 3. The predicted molar refractivity (Wildman–Crippen MR) is 318 cm³/mol. The van der Waals surface area contributed by atoms with Crippen LogP contribution in [0.3, 0.4) is 0 Å². The summed E-state index contributed by atoms with van der Waals surface area (Å²) in [5.41, 5.74) is 15.2. The molecule has 0 saturated carbocycles. The molecule has 11 aromatic carbocycles. The summed E-state index contributed by atoms with van der Waals surface area (Å²) in [6.45, 7) is 4.70. The summed E-state index contributed by atoms with van der Waals surface area (Å²) in [5, 5.41) is 33.2. The standard InChI is InChI=1S/C71H43N5O2/c1-71(2,76-58-31-15-9-23-46(58)47-24-10-16-32-59(47)76)66-69(74-56-29-13-7-25-48(56)50-35-37-62-64(67(50)74)52-27-11-17-33-60(52)77-62)54(44-21-5-3-19-42(44)40-72)39-55(45-22-6-4-20-43(45)41-73)70(66)75-57-30-14-8-26-49(57)51-36-38-63-65(68(51)75)53-28-12-18-34-61(53)78-63/h3-39H,1-2H3. The van der Waals surface area contributed by atoms with Crippen LogP contribution in [0, 0.1) is 22.7 Å². The van der Waals surface area contributed by atoms with Gasteiger partial charge in [-0.15, -0.1) is 0 Å². The normalized spacial score (nSPS) is 12.2. The van der Waals surface area contributed by atoms with Gasteiger partial charge in [0.05, 0.1) is 73.0 Å². The van der Waals surface area contributed by atoms with Crippen LogP contribution in [0.4, 0.5) is 0 Å². The number of nitrogens with zero attached hydrogens (tertiary/aromatic N) is 5. The fourth-order valence-electron chi connectivity index (χ4n) is 13.4. The first-order valence-corrected chi connectivity index (χ1v) is 26.3. The molecule has 5 heterocycles. The third kappa shape index (κ3) is 5.85. The Morgan fingerprint density at radius 2 is 0.705 bits per heavy atom. The van der Waals surface area contributed by atoms with Crippen LogP contribution in [0.25, 0.3) is 143 Å². The van der Waals surface area contributed by atoms with E-state index in [9.17, 15) is 10.5 Å². The quantitative estimate of drug-likeness (QED) is 0.166. The highest BCUT2D eigenvalue weighted by Gasteiger charge is 2.39. The molecule has 0 aliphatic carbocycles. The van der Waals surface area contributed by atoms with Crippen molar-refractivity contribution in [3.8, 4) is 45.8 Å². The van der Waals surface area contributed by atoms with E-state index in [-0.39, 0.29) is 0 Å². The van der Waals surface area contributed by atoms with Crippen molar-refractivity contribution in [1.82, 2.24) is 13.7 Å². The number of fused-ring (bicyclic) bond motifs is 17. The Morgan fingerprint density at radius 3 is 1.14 bits per heavy atom. The van der Waals surface area contributed by atoms with E-state index in [4.69, 9.17) is 8.83 Å². The minimum Gasteiger partial charge on any atom is -0.456 e. The summed E-state index contributed by atoms with van der Waals surface area (Å²) in [6.07, 6.45) is 0. The molecule has 0 atom stereocenters. The Hall–Kier alpha value is -10.6. The minimum absolute atomic E-state index is 0.523. The molecule has 0 spiro atoms. The predicted octanol–water partition coefficient (Wildman–Crippen LogP) is 18.6. The summed E-state index contributed by atoms with van der Waals surface area (Å²) in [4.78, 5) is 0. The molecular weight excluding hydrogens is 955 g/mol. The Balaban J connectivity index is 1.26. The lowest BCUT2D eigenvalue weighted by molar-refractivity contribution is 0.462. The number of nitriles is 2. The molecular formula is C71H43N5O2. The molecule has 0 amide bonds. The van der Waals surface area contributed by atoms with Gasteiger partial charge in [-0.3, -0.25) is 0 Å². The van der Waals surface area contributed by atoms with E-state index in [1.54, 1.807) is 0 Å². The number of benzene rings is 11. The second-order valence-corrected chi connectivity index (χ2v) is 20.9. The molecule has 78 heavy (non-hydrogen) atoms. The van der Waals surface area contributed by atoms with E-state index in [0.29, 0.717) is 11.1 Å². The van der Waals surface area contributed by atoms with Crippen LogP contribution in [0.1, 0.15) is 30.5 Å². The Kier molecular flexibility index (Phi) is 9.09. The molecule has 0 N–H and O–H groups in total. The summed E-state index contributed by atoms with van der Waals surface area (Å²) in [7, 11) is 0. The highest BCUT2D eigenvalue weighted by molar-refractivity contribution is 6.27. The summed E-state index contributed by atoms with van der Waals surface area (Å²) in [5.74, 6) is 0. The average molecular weight is 998 g/mol. The zero-order chi connectivity index (χ0) is 52.0. The molecule has 364 valence electrons. The summed E-state index contributed by atoms with van der Waals surface area (Å²) in [6, 6.07) is 83.4. The van der Waals surface area contributed by atoms with Gasteiger partial charge in [-0.25, -0.2) is 0 Å². The van der Waals surface area contributed by atoms with Crippen LogP contribution in [0.5, 0.6) is 0 Å². The largest absolute Gasteiger partial charge is 0.456 e. The van der Waals surface area contributed by atoms with Gasteiger partial charge in [0.2, 0.25) is 0 Å². The van der Waals surface area contributed by atoms with Crippen molar-refractivity contribution < 1.29 is 8.83 Å². The Bertz CT molecular complexity index is 5030. The lowest BCUT2D eigenvalue weighted by atomic mass is 9.81. The van der Waals surface area contributed by atoms with Crippen molar-refractivity contribution in [2.24, 2.45) is 0 Å². The zero-order valence-corrected chi connectivity index (χ0v) is 42.4. The van der Waals surface area contributed by atoms with Crippen molar-refractivity contribution in [1.29, 1.82) is 10.5 Å². The molecule has 16 rings (SSSR count). The fraction of sp³-hybridized carbons (Fsp3) is 0.0423. The third-order valence-corrected chi connectivity index (χ3v) is 16.5. The van der Waals surface area contributed by atoms with Crippen molar-refractivity contribution in [2.75, 3.05) is 0 Å². The monoisotopic (exact) mass is 997 g/mol. The second kappa shape index (κ2) is 16.2. The lowest BCUT2D eigenvalue weighted by Crippen LogP contribution is -2.31. The molecule has 0 saturated heterocycles. The molecule has 5 aromatic heterocycles. The zero-order valence-electron chi connectivity index (χ0n) is 42.4. The van der Waals surface area contributed by atoms with Gasteiger partial charge in [0.25, 0.3) is 0 Å². The van der Waals surface area contributed by atoms with Crippen LogP contribution in [0.2, 0.25) is 0 Å². The lowest BCUT2D eigenvalue weighted by Gasteiger charge is -2.37. The fourth-order valence-corrected chi connectivity index (χ4v) is 13.4. The minimum atomic E-state index is -0.977. The Labute approximate surface area is 446 Å². The number of para-hydroxylation sites is 6. The van der Waals surface area contributed by atoms with Gasteiger partial charge in [-0.2, -0.15) is 10.5 Å². The highest BCUT2D eigenvalue weighted by Crippen LogP contribution is 2.54. The van der Waals surface area contributed by atoms with Gasteiger partial charge >= 0.3 is 0 Å². The number of hydrogen-bond donors (Lipinski definition) is 0. The van der Waals surface area contributed by atoms with E-state index < -0.39 is 5.54 Å². The van der Waals surface area contributed by atoms with E-state index >= 15 is 0 Å². The molecule has 16 aromatic rings. The molecule has 7 nitrogen and oxygen atoms in total. The number of rotatable bonds is 6. The van der Waals surface area contributed by atoms with Crippen molar-refractivity contribution >= 4 is 109 Å². The number of furan rings is 2. The maximum absolute atomic E-state index is 11.3. The molecule has 0 aliphatic rings. The van der Waals surface area contributed by atoms with Gasteiger partial charge in [-0.1, -0.05) is 146 Å². The summed E-state index contributed by atoms with van der Waals surface area (Å²) < 4.78 is 21.1. The maximum Gasteiger partial charge on any atom is 0.137 e. The molecule has 0 radical (unpaired) electrons.